The van der Waals surface area contributed by atoms with Gasteiger partial charge in [-0.1, -0.05) is 24.3 Å². The first-order valence-electron chi connectivity index (χ1n) is 11.7. The number of nitrogens with zero attached hydrogens (tertiary/aromatic N) is 3. The maximum Gasteiger partial charge on any atom is 0.257 e. The molecule has 2 aromatic rings. The zero-order chi connectivity index (χ0) is 23.2. The van der Waals surface area contributed by atoms with Crippen molar-refractivity contribution < 1.29 is 18.7 Å². The molecular weight excluding hydrogens is 420 g/mol. The monoisotopic (exact) mass is 454 g/mol. The van der Waals surface area contributed by atoms with Crippen molar-refractivity contribution in [1.82, 2.24) is 20.0 Å². The van der Waals surface area contributed by atoms with Gasteiger partial charge in [0.25, 0.3) is 5.91 Å². The van der Waals surface area contributed by atoms with Crippen molar-refractivity contribution in [3.05, 3.63) is 58.5 Å². The molecule has 2 amide bonds. The number of hydrogen-bond donors (Lipinski definition) is 1. The maximum absolute atomic E-state index is 12.8. The minimum atomic E-state index is 0.00493. The predicted molar refractivity (Wildman–Crippen MR) is 125 cm³/mol. The van der Waals surface area contributed by atoms with E-state index in [9.17, 15) is 9.59 Å². The highest BCUT2D eigenvalue weighted by Crippen LogP contribution is 2.17. The molecule has 0 unspecified atom stereocenters. The van der Waals surface area contributed by atoms with Crippen molar-refractivity contribution in [3.8, 4) is 0 Å². The van der Waals surface area contributed by atoms with Crippen LogP contribution < -0.4 is 5.32 Å². The molecule has 0 aliphatic carbocycles. The normalized spacial score (nSPS) is 17.8. The Kier molecular flexibility index (Phi) is 7.80. The van der Waals surface area contributed by atoms with Crippen LogP contribution in [0.15, 0.2) is 34.7 Å². The molecule has 2 fully saturated rings. The summed E-state index contributed by atoms with van der Waals surface area (Å²) in [5, 5.41) is 3.08. The number of aryl methyl sites for hydroxylation is 2. The molecule has 2 aliphatic heterocycles. The Morgan fingerprint density at radius 2 is 1.64 bits per heavy atom. The van der Waals surface area contributed by atoms with E-state index in [0.717, 1.165) is 44.2 Å². The summed E-state index contributed by atoms with van der Waals surface area (Å²) >= 11 is 0. The van der Waals surface area contributed by atoms with Crippen LogP contribution >= 0.6 is 0 Å². The van der Waals surface area contributed by atoms with Crippen molar-refractivity contribution in [2.24, 2.45) is 0 Å². The Morgan fingerprint density at radius 1 is 0.939 bits per heavy atom. The second-order valence-corrected chi connectivity index (χ2v) is 8.83. The molecule has 1 aromatic carbocycles. The summed E-state index contributed by atoms with van der Waals surface area (Å²) in [4.78, 5) is 31.7. The smallest absolute Gasteiger partial charge is 0.257 e. The van der Waals surface area contributed by atoms with E-state index in [1.807, 2.05) is 30.9 Å². The van der Waals surface area contributed by atoms with Crippen molar-refractivity contribution in [3.63, 3.8) is 0 Å². The Bertz CT molecular complexity index is 959. The highest BCUT2D eigenvalue weighted by Gasteiger charge is 2.25. The molecule has 2 aliphatic rings. The average Bonchev–Trinajstić information content (AvgIpc) is 3.17. The number of nitrogens with one attached hydrogen (secondary N) is 1. The van der Waals surface area contributed by atoms with Gasteiger partial charge >= 0.3 is 0 Å². The van der Waals surface area contributed by atoms with E-state index >= 15 is 0 Å². The lowest BCUT2D eigenvalue weighted by Gasteiger charge is -2.34. The molecule has 0 bridgehead atoms. The predicted octanol–water partition coefficient (Wildman–Crippen LogP) is 1.80. The topological polar surface area (TPSA) is 78.3 Å². The van der Waals surface area contributed by atoms with E-state index in [2.05, 4.69) is 27.2 Å². The van der Waals surface area contributed by atoms with Gasteiger partial charge in [-0.05, 0) is 31.0 Å². The summed E-state index contributed by atoms with van der Waals surface area (Å²) in [6.07, 6.45) is 0. The third kappa shape index (κ3) is 6.22. The molecule has 2 saturated heterocycles. The molecule has 0 saturated carbocycles. The SMILES string of the molecule is Cc1cc(C(=O)N2CCN(CC(=O)NCc3ccccc3CN3CCOCC3)CC2)c(C)o1. The fraction of sp³-hybridized carbons (Fsp3) is 0.520. The number of piperazine rings is 1. The zero-order valence-electron chi connectivity index (χ0n) is 19.6. The van der Waals surface area contributed by atoms with E-state index in [1.54, 1.807) is 6.07 Å². The first kappa shape index (κ1) is 23.5. The van der Waals surface area contributed by atoms with Crippen LogP contribution in [-0.2, 0) is 22.6 Å². The lowest BCUT2D eigenvalue weighted by molar-refractivity contribution is -0.122. The molecule has 4 rings (SSSR count). The minimum absolute atomic E-state index is 0.00493. The van der Waals surface area contributed by atoms with Crippen LogP contribution in [0.3, 0.4) is 0 Å². The molecule has 0 radical (unpaired) electrons. The van der Waals surface area contributed by atoms with Gasteiger partial charge < -0.3 is 19.4 Å². The summed E-state index contributed by atoms with van der Waals surface area (Å²) in [6, 6.07) is 10.1. The number of benzene rings is 1. The van der Waals surface area contributed by atoms with Crippen molar-refractivity contribution in [1.29, 1.82) is 0 Å². The van der Waals surface area contributed by atoms with Crippen LogP contribution in [0.25, 0.3) is 0 Å². The number of morpholine rings is 1. The summed E-state index contributed by atoms with van der Waals surface area (Å²) in [5.74, 6) is 1.42. The van der Waals surface area contributed by atoms with Crippen molar-refractivity contribution in [2.75, 3.05) is 59.0 Å². The Morgan fingerprint density at radius 3 is 2.30 bits per heavy atom. The van der Waals surface area contributed by atoms with Gasteiger partial charge in [-0.25, -0.2) is 0 Å². The van der Waals surface area contributed by atoms with Gasteiger partial charge in [0, 0.05) is 52.4 Å². The second kappa shape index (κ2) is 11.0. The summed E-state index contributed by atoms with van der Waals surface area (Å²) in [7, 11) is 0. The van der Waals surface area contributed by atoms with Gasteiger partial charge in [0.15, 0.2) is 0 Å². The molecule has 178 valence electrons. The first-order valence-corrected chi connectivity index (χ1v) is 11.7. The standard InChI is InChI=1S/C25H34N4O4/c1-19-15-23(20(2)33-19)25(31)29-9-7-27(8-10-29)18-24(30)26-16-21-5-3-4-6-22(21)17-28-11-13-32-14-12-28/h3-6,15H,7-14,16-18H2,1-2H3,(H,26,30). The molecule has 8 nitrogen and oxygen atoms in total. The van der Waals surface area contributed by atoms with Crippen LogP contribution in [0.4, 0.5) is 0 Å². The lowest BCUT2D eigenvalue weighted by Crippen LogP contribution is -2.51. The van der Waals surface area contributed by atoms with Crippen molar-refractivity contribution in [2.45, 2.75) is 26.9 Å². The second-order valence-electron chi connectivity index (χ2n) is 8.83. The summed E-state index contributed by atoms with van der Waals surface area (Å²) < 4.78 is 10.9. The number of amides is 2. The third-order valence-corrected chi connectivity index (χ3v) is 6.39. The van der Waals surface area contributed by atoms with Crippen LogP contribution in [0.1, 0.15) is 33.0 Å². The number of ether oxygens (including phenoxy) is 1. The molecule has 1 N–H and O–H groups in total. The highest BCUT2D eigenvalue weighted by molar-refractivity contribution is 5.95. The molecule has 8 heteroatoms. The Hall–Kier alpha value is -2.68. The minimum Gasteiger partial charge on any atom is -0.466 e. The van der Waals surface area contributed by atoms with E-state index in [-0.39, 0.29) is 11.8 Å². The highest BCUT2D eigenvalue weighted by atomic mass is 16.5. The van der Waals surface area contributed by atoms with E-state index in [4.69, 9.17) is 9.15 Å². The van der Waals surface area contributed by atoms with Gasteiger partial charge in [0.05, 0.1) is 25.3 Å². The van der Waals surface area contributed by atoms with Gasteiger partial charge in [-0.3, -0.25) is 19.4 Å². The van der Waals surface area contributed by atoms with Gasteiger partial charge in [-0.2, -0.15) is 0 Å². The number of rotatable bonds is 7. The molecular formula is C25H34N4O4. The molecule has 33 heavy (non-hydrogen) atoms. The summed E-state index contributed by atoms with van der Waals surface area (Å²) in [5.41, 5.74) is 3.03. The number of carbonyl (C=O) groups is 2. The maximum atomic E-state index is 12.8. The Labute approximate surface area is 195 Å². The van der Waals surface area contributed by atoms with Crippen molar-refractivity contribution >= 4 is 11.8 Å². The van der Waals surface area contributed by atoms with E-state index in [1.165, 1.54) is 5.56 Å². The van der Waals surface area contributed by atoms with Crippen LogP contribution in [0.5, 0.6) is 0 Å². The average molecular weight is 455 g/mol. The van der Waals surface area contributed by atoms with Gasteiger partial charge in [0.1, 0.15) is 11.5 Å². The largest absolute Gasteiger partial charge is 0.466 e. The fourth-order valence-corrected chi connectivity index (χ4v) is 4.46. The zero-order valence-corrected chi connectivity index (χ0v) is 19.6. The van der Waals surface area contributed by atoms with E-state index in [0.29, 0.717) is 50.6 Å². The molecule has 3 heterocycles. The van der Waals surface area contributed by atoms with E-state index < -0.39 is 0 Å². The number of furan rings is 1. The molecule has 0 atom stereocenters. The number of hydrogen-bond acceptors (Lipinski definition) is 6. The fourth-order valence-electron chi connectivity index (χ4n) is 4.46. The molecule has 0 spiro atoms. The quantitative estimate of drug-likeness (QED) is 0.688. The number of carbonyl (C=O) groups excluding carboxylic acids is 2. The third-order valence-electron chi connectivity index (χ3n) is 6.39. The van der Waals surface area contributed by atoms with Crippen LogP contribution in [0, 0.1) is 13.8 Å². The van der Waals surface area contributed by atoms with Crippen LogP contribution in [0.2, 0.25) is 0 Å². The lowest BCUT2D eigenvalue weighted by atomic mass is 10.1. The van der Waals surface area contributed by atoms with Crippen LogP contribution in [-0.4, -0.2) is 85.5 Å². The first-order chi connectivity index (χ1) is 16.0. The Balaban J connectivity index is 1.23. The van der Waals surface area contributed by atoms with Gasteiger partial charge in [-0.15, -0.1) is 0 Å². The summed E-state index contributed by atoms with van der Waals surface area (Å²) in [6.45, 7) is 11.4. The van der Waals surface area contributed by atoms with Gasteiger partial charge in [0.2, 0.25) is 5.91 Å². The molecule has 1 aromatic heterocycles.